The maximum Gasteiger partial charge on any atom is 0.314 e. The minimum absolute atomic E-state index is 0.0181. The second kappa shape index (κ2) is 9.66. The molecule has 0 bridgehead atoms. The molecule has 0 aliphatic carbocycles. The Bertz CT molecular complexity index is 1320. The van der Waals surface area contributed by atoms with E-state index in [1.54, 1.807) is 23.0 Å². The van der Waals surface area contributed by atoms with Crippen molar-refractivity contribution in [3.63, 3.8) is 0 Å². The largest absolute Gasteiger partial charge is 0.415 e. The highest BCUT2D eigenvalue weighted by Gasteiger charge is 2.31. The van der Waals surface area contributed by atoms with Gasteiger partial charge in [-0.1, -0.05) is 24.3 Å². The summed E-state index contributed by atoms with van der Waals surface area (Å²) in [6.45, 7) is 4.97. The third-order valence-corrected chi connectivity index (χ3v) is 5.76. The van der Waals surface area contributed by atoms with Crippen molar-refractivity contribution in [3.8, 4) is 22.7 Å². The molecule has 3 aromatic heterocycles. The summed E-state index contributed by atoms with van der Waals surface area (Å²) in [5, 5.41) is 18.3. The van der Waals surface area contributed by atoms with Crippen LogP contribution in [0.5, 0.6) is 0 Å². The van der Waals surface area contributed by atoms with Crippen LogP contribution in [0.15, 0.2) is 53.2 Å². The average molecular weight is 480 g/mol. The number of amides is 1. The van der Waals surface area contributed by atoms with Gasteiger partial charge in [0.1, 0.15) is 5.69 Å². The third kappa shape index (κ3) is 5.06. The van der Waals surface area contributed by atoms with Gasteiger partial charge in [0.15, 0.2) is 0 Å². The van der Waals surface area contributed by atoms with Gasteiger partial charge in [0.05, 0.1) is 29.9 Å². The molecule has 4 heterocycles. The van der Waals surface area contributed by atoms with Crippen LogP contribution in [0, 0.1) is 5.92 Å². The van der Waals surface area contributed by atoms with Gasteiger partial charge < -0.3 is 14.6 Å². The molecule has 12 heteroatoms. The SMILES string of the molecule is CCN1CC(C(=O)Nc2cccc(-c3cn(Cc4ccc(-c5nnc(C(F)F)o5)cn4)nn3)c2)C1. The Morgan fingerprint density at radius 1 is 1.17 bits per heavy atom. The maximum absolute atomic E-state index is 12.6. The summed E-state index contributed by atoms with van der Waals surface area (Å²) in [5.74, 6) is -0.705. The van der Waals surface area contributed by atoms with Gasteiger partial charge in [-0.25, -0.2) is 4.68 Å². The number of alkyl halides is 2. The van der Waals surface area contributed by atoms with Gasteiger partial charge >= 0.3 is 6.43 Å². The Balaban J connectivity index is 1.22. The summed E-state index contributed by atoms with van der Waals surface area (Å²) >= 11 is 0. The van der Waals surface area contributed by atoms with Gasteiger partial charge in [0, 0.05) is 30.5 Å². The summed E-state index contributed by atoms with van der Waals surface area (Å²) < 4.78 is 31.8. The molecule has 1 aliphatic heterocycles. The van der Waals surface area contributed by atoms with E-state index in [0.29, 0.717) is 29.2 Å². The first kappa shape index (κ1) is 22.7. The van der Waals surface area contributed by atoms with Crippen LogP contribution in [0.2, 0.25) is 0 Å². The molecular weight excluding hydrogens is 458 g/mol. The molecule has 10 nitrogen and oxygen atoms in total. The van der Waals surface area contributed by atoms with Crippen LogP contribution < -0.4 is 5.32 Å². The molecule has 5 rings (SSSR count). The van der Waals surface area contributed by atoms with Crippen molar-refractivity contribution in [3.05, 3.63) is 60.4 Å². The van der Waals surface area contributed by atoms with Crippen molar-refractivity contribution in [1.82, 2.24) is 35.1 Å². The Morgan fingerprint density at radius 3 is 2.74 bits per heavy atom. The summed E-state index contributed by atoms with van der Waals surface area (Å²) in [6, 6.07) is 10.9. The minimum atomic E-state index is -2.82. The number of hydrogen-bond donors (Lipinski definition) is 1. The topological polar surface area (TPSA) is 115 Å². The lowest BCUT2D eigenvalue weighted by molar-refractivity contribution is -0.124. The molecule has 0 unspecified atom stereocenters. The summed E-state index contributed by atoms with van der Waals surface area (Å²) in [6.07, 6.45) is 0.440. The lowest BCUT2D eigenvalue weighted by Gasteiger charge is -2.37. The number of nitrogens with zero attached hydrogens (tertiary/aromatic N) is 7. The number of carbonyl (C=O) groups excluding carboxylic acids is 1. The third-order valence-electron chi connectivity index (χ3n) is 5.76. The number of benzene rings is 1. The molecular formula is C23H22F2N8O2. The number of anilines is 1. The van der Waals surface area contributed by atoms with Crippen LogP contribution in [-0.4, -0.2) is 60.6 Å². The zero-order valence-corrected chi connectivity index (χ0v) is 18.8. The van der Waals surface area contributed by atoms with E-state index in [2.05, 4.69) is 42.6 Å². The Morgan fingerprint density at radius 2 is 2.03 bits per heavy atom. The predicted molar refractivity (Wildman–Crippen MR) is 121 cm³/mol. The summed E-state index contributed by atoms with van der Waals surface area (Å²) in [5.41, 5.74) is 3.32. The molecule has 1 aliphatic rings. The van der Waals surface area contributed by atoms with Gasteiger partial charge in [-0.15, -0.1) is 15.3 Å². The van der Waals surface area contributed by atoms with Crippen molar-refractivity contribution in [2.45, 2.75) is 19.9 Å². The first-order chi connectivity index (χ1) is 17.0. The molecule has 4 aromatic rings. The second-order valence-corrected chi connectivity index (χ2v) is 8.20. The standard InChI is InChI=1S/C23H22F2N8O2/c1-2-32-10-16(11-32)21(34)27-17-5-3-4-14(8-17)19-13-33(31-28-19)12-18-7-6-15(9-26-18)22-29-30-23(35-22)20(24)25/h3-9,13,16,20H,2,10-12H2,1H3,(H,27,34). The van der Waals surface area contributed by atoms with E-state index >= 15 is 0 Å². The van der Waals surface area contributed by atoms with Gasteiger partial charge in [0.25, 0.3) is 5.89 Å². The predicted octanol–water partition coefficient (Wildman–Crippen LogP) is 3.27. The molecule has 0 spiro atoms. The van der Waals surface area contributed by atoms with Crippen LogP contribution in [0.4, 0.5) is 14.5 Å². The number of carbonyl (C=O) groups is 1. The summed E-state index contributed by atoms with van der Waals surface area (Å²) in [4.78, 5) is 19.0. The highest BCUT2D eigenvalue weighted by atomic mass is 19.3. The smallest absolute Gasteiger partial charge is 0.314 e. The highest BCUT2D eigenvalue weighted by molar-refractivity contribution is 5.94. The van der Waals surface area contributed by atoms with Crippen LogP contribution >= 0.6 is 0 Å². The number of aromatic nitrogens is 6. The fraction of sp³-hybridized carbons (Fsp3) is 0.304. The van der Waals surface area contributed by atoms with E-state index in [9.17, 15) is 13.6 Å². The molecule has 1 saturated heterocycles. The normalized spacial score (nSPS) is 14.3. The van der Waals surface area contributed by atoms with E-state index in [-0.39, 0.29) is 17.7 Å². The molecule has 180 valence electrons. The Kier molecular flexibility index (Phi) is 6.27. The van der Waals surface area contributed by atoms with Crippen LogP contribution in [0.1, 0.15) is 24.9 Å². The van der Waals surface area contributed by atoms with Crippen molar-refractivity contribution in [2.24, 2.45) is 5.92 Å². The van der Waals surface area contributed by atoms with Gasteiger partial charge in [-0.3, -0.25) is 9.78 Å². The van der Waals surface area contributed by atoms with E-state index in [0.717, 1.165) is 25.2 Å². The number of hydrogen-bond acceptors (Lipinski definition) is 8. The molecule has 35 heavy (non-hydrogen) atoms. The molecule has 0 saturated carbocycles. The summed E-state index contributed by atoms with van der Waals surface area (Å²) in [7, 11) is 0. The number of rotatable bonds is 8. The molecule has 1 N–H and O–H groups in total. The number of pyridine rings is 1. The lowest BCUT2D eigenvalue weighted by Crippen LogP contribution is -2.51. The van der Waals surface area contributed by atoms with Gasteiger partial charge in [-0.05, 0) is 30.8 Å². The first-order valence-electron chi connectivity index (χ1n) is 11.1. The number of halogens is 2. The van der Waals surface area contributed by atoms with Crippen LogP contribution in [-0.2, 0) is 11.3 Å². The van der Waals surface area contributed by atoms with E-state index in [4.69, 9.17) is 4.42 Å². The average Bonchev–Trinajstić information content (AvgIpc) is 3.49. The fourth-order valence-electron chi connectivity index (χ4n) is 3.75. The Labute approximate surface area is 199 Å². The molecule has 0 radical (unpaired) electrons. The van der Waals surface area contributed by atoms with Crippen LogP contribution in [0.25, 0.3) is 22.7 Å². The Hall–Kier alpha value is -4.06. The first-order valence-corrected chi connectivity index (χ1v) is 11.1. The van der Waals surface area contributed by atoms with E-state index in [1.165, 1.54) is 6.20 Å². The number of nitrogens with one attached hydrogen (secondary N) is 1. The fourth-order valence-corrected chi connectivity index (χ4v) is 3.75. The zero-order valence-electron chi connectivity index (χ0n) is 18.8. The van der Waals surface area contributed by atoms with Crippen molar-refractivity contribution in [1.29, 1.82) is 0 Å². The molecule has 1 fully saturated rings. The van der Waals surface area contributed by atoms with E-state index < -0.39 is 12.3 Å². The zero-order chi connectivity index (χ0) is 24.4. The quantitative estimate of drug-likeness (QED) is 0.409. The lowest BCUT2D eigenvalue weighted by atomic mass is 9.99. The van der Waals surface area contributed by atoms with Crippen molar-refractivity contribution in [2.75, 3.05) is 25.0 Å². The van der Waals surface area contributed by atoms with Gasteiger partial charge in [-0.2, -0.15) is 8.78 Å². The van der Waals surface area contributed by atoms with Crippen molar-refractivity contribution < 1.29 is 18.0 Å². The van der Waals surface area contributed by atoms with E-state index in [1.807, 2.05) is 24.3 Å². The van der Waals surface area contributed by atoms with Crippen LogP contribution in [0.3, 0.4) is 0 Å². The minimum Gasteiger partial charge on any atom is -0.415 e. The maximum atomic E-state index is 12.6. The van der Waals surface area contributed by atoms with Crippen molar-refractivity contribution >= 4 is 11.6 Å². The number of likely N-dealkylation sites (tertiary alicyclic amines) is 1. The molecule has 0 atom stereocenters. The second-order valence-electron chi connectivity index (χ2n) is 8.20. The molecule has 1 aromatic carbocycles. The van der Waals surface area contributed by atoms with Gasteiger partial charge in [0.2, 0.25) is 11.8 Å². The molecule has 1 amide bonds. The highest BCUT2D eigenvalue weighted by Crippen LogP contribution is 2.24. The monoisotopic (exact) mass is 480 g/mol.